The van der Waals surface area contributed by atoms with E-state index < -0.39 is 0 Å². The molecule has 2 aliphatic heterocycles. The van der Waals surface area contributed by atoms with Crippen LogP contribution in [-0.4, -0.2) is 53.5 Å². The number of fused-ring (bicyclic) bond motifs is 1. The Morgan fingerprint density at radius 1 is 1.17 bits per heavy atom. The van der Waals surface area contributed by atoms with Crippen molar-refractivity contribution in [2.24, 2.45) is 0 Å². The summed E-state index contributed by atoms with van der Waals surface area (Å²) in [7, 11) is 0. The third-order valence-corrected chi connectivity index (χ3v) is 6.39. The van der Waals surface area contributed by atoms with Crippen LogP contribution in [0.2, 0.25) is 0 Å². The minimum Gasteiger partial charge on any atom is -0.376 e. The van der Waals surface area contributed by atoms with Gasteiger partial charge in [-0.05, 0) is 75.0 Å². The van der Waals surface area contributed by atoms with E-state index in [1.54, 1.807) is 0 Å². The summed E-state index contributed by atoms with van der Waals surface area (Å²) in [6.07, 6.45) is 4.62. The molecule has 2 atom stereocenters. The van der Waals surface area contributed by atoms with E-state index in [4.69, 9.17) is 21.7 Å². The lowest BCUT2D eigenvalue weighted by atomic mass is 10.0. The van der Waals surface area contributed by atoms with Crippen molar-refractivity contribution in [2.75, 3.05) is 26.3 Å². The second-order valence-corrected chi connectivity index (χ2v) is 8.89. The predicted molar refractivity (Wildman–Crippen MR) is 123 cm³/mol. The average molecular weight is 430 g/mol. The first-order valence-electron chi connectivity index (χ1n) is 10.9. The predicted octanol–water partition coefficient (Wildman–Crippen LogP) is 3.18. The lowest BCUT2D eigenvalue weighted by molar-refractivity contribution is 0.0885. The van der Waals surface area contributed by atoms with Crippen LogP contribution in [0.25, 0.3) is 10.9 Å². The van der Waals surface area contributed by atoms with Crippen molar-refractivity contribution in [3.63, 3.8) is 0 Å². The Bertz CT molecular complexity index is 962. The van der Waals surface area contributed by atoms with Gasteiger partial charge in [0.1, 0.15) is 0 Å². The first-order chi connectivity index (χ1) is 14.5. The maximum Gasteiger partial charge on any atom is 0.253 e. The molecule has 1 aromatic carbocycles. The van der Waals surface area contributed by atoms with Gasteiger partial charge in [-0.15, -0.1) is 0 Å². The Morgan fingerprint density at radius 2 is 1.90 bits per heavy atom. The number of aromatic amines is 1. The fraction of sp³-hybridized carbons (Fsp3) is 0.565. The van der Waals surface area contributed by atoms with Gasteiger partial charge in [-0.3, -0.25) is 4.79 Å². The smallest absolute Gasteiger partial charge is 0.253 e. The van der Waals surface area contributed by atoms with Crippen LogP contribution in [0.3, 0.4) is 0 Å². The number of nitrogens with zero attached hydrogens (tertiary/aromatic N) is 1. The lowest BCUT2D eigenvalue weighted by Crippen LogP contribution is -2.45. The fourth-order valence-electron chi connectivity index (χ4n) is 4.41. The van der Waals surface area contributed by atoms with E-state index in [-0.39, 0.29) is 17.8 Å². The minimum atomic E-state index is -0.0632. The average Bonchev–Trinajstić information content (AvgIpc) is 3.40. The lowest BCUT2D eigenvalue weighted by Gasteiger charge is -2.29. The number of benzene rings is 1. The summed E-state index contributed by atoms with van der Waals surface area (Å²) in [4.78, 5) is 17.9. The Kier molecular flexibility index (Phi) is 6.71. The Labute approximate surface area is 182 Å². The molecule has 4 rings (SSSR count). The standard InChI is InChI=1S/C23H31N3O3S/c1-15-9-16(2)20-11-17(22(27)25-21(20)10-15)13-26(14-19-6-4-8-29-19)23(30)24-12-18-5-3-7-28-18/h9-11,18-19H,3-8,12-14H2,1-2H3,(H,24,30)(H,25,27)/t18-,19+/m0/s1. The van der Waals surface area contributed by atoms with Crippen LogP contribution in [0.1, 0.15) is 42.4 Å². The van der Waals surface area contributed by atoms with Crippen LogP contribution in [0, 0.1) is 13.8 Å². The first-order valence-corrected chi connectivity index (χ1v) is 11.3. The number of pyridine rings is 1. The largest absolute Gasteiger partial charge is 0.376 e. The summed E-state index contributed by atoms with van der Waals surface area (Å²) in [5.41, 5.74) is 3.83. The monoisotopic (exact) mass is 429 g/mol. The molecule has 7 heteroatoms. The SMILES string of the molecule is Cc1cc(C)c2cc(CN(C[C@H]3CCCO3)C(=S)NC[C@@H]3CCCO3)c(=O)[nH]c2c1. The Hall–Kier alpha value is -1.96. The normalized spacial score (nSPS) is 21.3. The van der Waals surface area contributed by atoms with Gasteiger partial charge in [-0.1, -0.05) is 6.07 Å². The summed E-state index contributed by atoms with van der Waals surface area (Å²) >= 11 is 5.72. The van der Waals surface area contributed by atoms with Crippen molar-refractivity contribution < 1.29 is 9.47 Å². The number of H-pyrrole nitrogens is 1. The van der Waals surface area contributed by atoms with Crippen molar-refractivity contribution in [2.45, 2.75) is 58.3 Å². The summed E-state index contributed by atoms with van der Waals surface area (Å²) < 4.78 is 11.5. The molecule has 3 heterocycles. The van der Waals surface area contributed by atoms with Crippen molar-refractivity contribution in [1.82, 2.24) is 15.2 Å². The molecule has 2 fully saturated rings. The van der Waals surface area contributed by atoms with E-state index in [0.29, 0.717) is 30.3 Å². The number of ether oxygens (including phenoxy) is 2. The van der Waals surface area contributed by atoms with Crippen LogP contribution < -0.4 is 10.9 Å². The van der Waals surface area contributed by atoms with Gasteiger partial charge in [0.15, 0.2) is 5.11 Å². The fourth-order valence-corrected chi connectivity index (χ4v) is 4.63. The van der Waals surface area contributed by atoms with Gasteiger partial charge in [0.25, 0.3) is 5.56 Å². The van der Waals surface area contributed by atoms with Crippen LogP contribution in [-0.2, 0) is 16.0 Å². The van der Waals surface area contributed by atoms with E-state index in [1.165, 1.54) is 0 Å². The van der Waals surface area contributed by atoms with E-state index in [1.807, 2.05) is 19.1 Å². The second-order valence-electron chi connectivity index (χ2n) is 8.50. The molecule has 2 saturated heterocycles. The Morgan fingerprint density at radius 3 is 2.60 bits per heavy atom. The van der Waals surface area contributed by atoms with Gasteiger partial charge in [0, 0.05) is 42.8 Å². The van der Waals surface area contributed by atoms with E-state index in [9.17, 15) is 4.79 Å². The zero-order valence-electron chi connectivity index (χ0n) is 17.8. The maximum absolute atomic E-state index is 12.8. The minimum absolute atomic E-state index is 0.0632. The number of hydrogen-bond donors (Lipinski definition) is 2. The molecule has 1 aromatic heterocycles. The third-order valence-electron chi connectivity index (χ3n) is 5.99. The van der Waals surface area contributed by atoms with Crippen molar-refractivity contribution in [3.8, 4) is 0 Å². The maximum atomic E-state index is 12.8. The van der Waals surface area contributed by atoms with Crippen molar-refractivity contribution >= 4 is 28.2 Å². The number of hydrogen-bond acceptors (Lipinski definition) is 4. The highest BCUT2D eigenvalue weighted by Gasteiger charge is 2.23. The second kappa shape index (κ2) is 9.45. The third kappa shape index (κ3) is 5.02. The highest BCUT2D eigenvalue weighted by atomic mass is 32.1. The van der Waals surface area contributed by atoms with Crippen molar-refractivity contribution in [1.29, 1.82) is 0 Å². The molecule has 6 nitrogen and oxygen atoms in total. The number of aryl methyl sites for hydroxylation is 2. The van der Waals surface area contributed by atoms with Gasteiger partial charge < -0.3 is 24.7 Å². The van der Waals surface area contributed by atoms with Crippen LogP contribution in [0.4, 0.5) is 0 Å². The van der Waals surface area contributed by atoms with Gasteiger partial charge in [-0.2, -0.15) is 0 Å². The van der Waals surface area contributed by atoms with E-state index in [2.05, 4.69) is 28.2 Å². The number of thiocarbonyl (C=S) groups is 1. The number of aromatic nitrogens is 1. The molecule has 0 radical (unpaired) electrons. The molecule has 0 saturated carbocycles. The Balaban J connectivity index is 1.54. The van der Waals surface area contributed by atoms with Crippen LogP contribution >= 0.6 is 12.2 Å². The molecular formula is C23H31N3O3S. The zero-order chi connectivity index (χ0) is 21.1. The van der Waals surface area contributed by atoms with Crippen LogP contribution in [0.5, 0.6) is 0 Å². The summed E-state index contributed by atoms with van der Waals surface area (Å²) in [5.74, 6) is 0. The molecule has 2 aliphatic rings. The van der Waals surface area contributed by atoms with Gasteiger partial charge in [-0.25, -0.2) is 0 Å². The zero-order valence-corrected chi connectivity index (χ0v) is 18.6. The molecule has 2 N–H and O–H groups in total. The molecule has 2 aromatic rings. The molecule has 0 spiro atoms. The molecule has 0 aliphatic carbocycles. The van der Waals surface area contributed by atoms with E-state index in [0.717, 1.165) is 60.9 Å². The molecule has 0 amide bonds. The van der Waals surface area contributed by atoms with Gasteiger partial charge in [0.05, 0.1) is 18.8 Å². The quantitative estimate of drug-likeness (QED) is 0.688. The topological polar surface area (TPSA) is 66.6 Å². The van der Waals surface area contributed by atoms with Gasteiger partial charge >= 0.3 is 0 Å². The van der Waals surface area contributed by atoms with Crippen LogP contribution in [0.15, 0.2) is 23.0 Å². The van der Waals surface area contributed by atoms with Gasteiger partial charge in [0.2, 0.25) is 0 Å². The molecule has 162 valence electrons. The molecule has 0 bridgehead atoms. The molecular weight excluding hydrogens is 398 g/mol. The number of nitrogens with one attached hydrogen (secondary N) is 2. The summed E-state index contributed by atoms with van der Waals surface area (Å²) in [6.45, 7) is 7.58. The van der Waals surface area contributed by atoms with Crippen molar-refractivity contribution in [3.05, 3.63) is 45.2 Å². The van der Waals surface area contributed by atoms with E-state index >= 15 is 0 Å². The highest BCUT2D eigenvalue weighted by Crippen LogP contribution is 2.20. The highest BCUT2D eigenvalue weighted by molar-refractivity contribution is 7.80. The number of rotatable bonds is 6. The summed E-state index contributed by atoms with van der Waals surface area (Å²) in [5, 5.41) is 5.09. The summed E-state index contributed by atoms with van der Waals surface area (Å²) in [6, 6.07) is 6.17. The first kappa shape index (κ1) is 21.3. The molecule has 0 unspecified atom stereocenters. The molecule has 30 heavy (non-hydrogen) atoms.